The molecule has 0 saturated carbocycles. The van der Waals surface area contributed by atoms with E-state index in [9.17, 15) is 0 Å². The predicted molar refractivity (Wildman–Crippen MR) is 21.0 cm³/mol. The van der Waals surface area contributed by atoms with E-state index in [-0.39, 0.29) is 68.0 Å². The van der Waals surface area contributed by atoms with E-state index < -0.39 is 10.4 Å². The molecule has 0 rings (SSSR count). The topological polar surface area (TPSA) is 74.6 Å². The van der Waals surface area contributed by atoms with Gasteiger partial charge in [-0.3, -0.25) is 9.11 Å². The first kappa shape index (κ1) is 15.9. The summed E-state index contributed by atoms with van der Waals surface area (Å²) in [6, 6.07) is 0. The van der Waals surface area contributed by atoms with Gasteiger partial charge in [0.05, 0.1) is 0 Å². The molecule has 0 aromatic heterocycles. The monoisotopic (exact) mass is 195 g/mol. The summed E-state index contributed by atoms with van der Waals surface area (Å²) >= 11 is 0. The van der Waals surface area contributed by atoms with Gasteiger partial charge in [0.15, 0.2) is 0 Å². The second-order valence-corrected chi connectivity index (χ2v) is 1.34. The zero-order valence-electron chi connectivity index (χ0n) is 4.70. The molecule has 0 aliphatic rings. The van der Waals surface area contributed by atoms with Crippen LogP contribution in [0.5, 0.6) is 0 Å². The quantitative estimate of drug-likeness (QED) is 0.306. The van der Waals surface area contributed by atoms with E-state index in [4.69, 9.17) is 17.5 Å². The summed E-state index contributed by atoms with van der Waals surface area (Å²) in [5, 5.41) is 0. The Morgan fingerprint density at radius 1 is 1.29 bits per heavy atom. The fourth-order valence-corrected chi connectivity index (χ4v) is 0. The Kier molecular flexibility index (Phi) is 13.3. The maximum absolute atomic E-state index is 8.74. The molecule has 0 atom stereocenters. The SMILES string of the molecule is O=S(=O)(O)O.[B].[H-].[Rb+]. The van der Waals surface area contributed by atoms with Gasteiger partial charge in [-0.15, -0.1) is 0 Å². The van der Waals surface area contributed by atoms with Gasteiger partial charge in [-0.05, 0) is 0 Å². The molecule has 4 nitrogen and oxygen atoms in total. The molecule has 0 saturated heterocycles. The van der Waals surface area contributed by atoms with Crippen LogP contribution in [0, 0.1) is 0 Å². The van der Waals surface area contributed by atoms with Gasteiger partial charge >= 0.3 is 68.6 Å². The molecule has 7 heteroatoms. The van der Waals surface area contributed by atoms with E-state index in [1.807, 2.05) is 0 Å². The second-order valence-electron chi connectivity index (χ2n) is 0.448. The molecule has 0 aromatic rings. The van der Waals surface area contributed by atoms with Crippen molar-refractivity contribution < 1.29 is 77.1 Å². The maximum atomic E-state index is 8.74. The van der Waals surface area contributed by atoms with Crippen molar-refractivity contribution in [2.24, 2.45) is 0 Å². The van der Waals surface area contributed by atoms with Crippen molar-refractivity contribution in [2.45, 2.75) is 0 Å². The zero-order valence-corrected chi connectivity index (χ0v) is 9.43. The Morgan fingerprint density at radius 3 is 1.29 bits per heavy atom. The Hall–Kier alpha value is 1.74. The molecule has 0 fully saturated rings. The van der Waals surface area contributed by atoms with Crippen LogP contribution in [-0.4, -0.2) is 25.9 Å². The van der Waals surface area contributed by atoms with Crippen LogP contribution in [0.1, 0.15) is 1.43 Å². The fraction of sp³-hybridized carbons (Fsp3) is 0. The molecule has 0 spiro atoms. The van der Waals surface area contributed by atoms with Crippen LogP contribution in [0.2, 0.25) is 0 Å². The molecule has 3 radical (unpaired) electrons. The van der Waals surface area contributed by atoms with Crippen LogP contribution in [-0.2, 0) is 10.4 Å². The first-order chi connectivity index (χ1) is 2.00. The van der Waals surface area contributed by atoms with Gasteiger partial charge in [0, 0.05) is 8.41 Å². The third-order valence-electron chi connectivity index (χ3n) is 0. The molecule has 37 valence electrons. The molecule has 0 bridgehead atoms. The summed E-state index contributed by atoms with van der Waals surface area (Å²) in [7, 11) is -4.67. The average Bonchev–Trinajstić information content (AvgIpc) is 0.722. The van der Waals surface area contributed by atoms with Gasteiger partial charge in [-0.1, -0.05) is 0 Å². The summed E-state index contributed by atoms with van der Waals surface area (Å²) in [6.45, 7) is 0. The second kappa shape index (κ2) is 5.87. The molecule has 7 heavy (non-hydrogen) atoms. The summed E-state index contributed by atoms with van der Waals surface area (Å²) in [5.74, 6) is 0. The third kappa shape index (κ3) is 84.2. The van der Waals surface area contributed by atoms with Crippen molar-refractivity contribution >= 4 is 18.8 Å². The van der Waals surface area contributed by atoms with Crippen molar-refractivity contribution in [3.05, 3.63) is 0 Å². The van der Waals surface area contributed by atoms with Gasteiger partial charge in [0.25, 0.3) is 0 Å². The summed E-state index contributed by atoms with van der Waals surface area (Å²) in [5.41, 5.74) is 0. The number of hydrogen-bond acceptors (Lipinski definition) is 2. The third-order valence-corrected chi connectivity index (χ3v) is 0. The molecule has 0 aliphatic heterocycles. The summed E-state index contributed by atoms with van der Waals surface area (Å²) < 4.78 is 31.6. The number of hydrogen-bond donors (Lipinski definition) is 2. The zero-order chi connectivity index (χ0) is 4.50. The van der Waals surface area contributed by atoms with E-state index in [2.05, 4.69) is 0 Å². The van der Waals surface area contributed by atoms with Crippen LogP contribution in [0.25, 0.3) is 0 Å². The van der Waals surface area contributed by atoms with Crippen molar-refractivity contribution in [2.75, 3.05) is 0 Å². The predicted octanol–water partition coefficient (Wildman–Crippen LogP) is -3.92. The first-order valence-electron chi connectivity index (χ1n) is 0.698. The van der Waals surface area contributed by atoms with Gasteiger partial charge < -0.3 is 1.43 Å². The normalized spacial score (nSPS) is 8.29. The molecule has 0 heterocycles. The van der Waals surface area contributed by atoms with Crippen LogP contribution in [0.4, 0.5) is 0 Å². The molecular formula is H3BO4RbS. The average molecular weight is 195 g/mol. The number of rotatable bonds is 0. The van der Waals surface area contributed by atoms with Crippen LogP contribution in [0.3, 0.4) is 0 Å². The van der Waals surface area contributed by atoms with Gasteiger partial charge in [-0.2, -0.15) is 8.42 Å². The largest absolute Gasteiger partial charge is 1.00 e. The molecule has 0 aromatic carbocycles. The van der Waals surface area contributed by atoms with Crippen molar-refractivity contribution in [3.63, 3.8) is 0 Å². The molecular weight excluding hydrogens is 192 g/mol. The standard InChI is InChI=1S/B.H2O4S.Rb.H/c;1-5(2,3)4;;/h;(H2,1,2,3,4);;/q;;+1;-1. The van der Waals surface area contributed by atoms with Crippen molar-refractivity contribution in [1.29, 1.82) is 0 Å². The minimum absolute atomic E-state index is 0. The van der Waals surface area contributed by atoms with Gasteiger partial charge in [-0.25, -0.2) is 0 Å². The minimum atomic E-state index is -4.67. The molecule has 2 N–H and O–H groups in total. The van der Waals surface area contributed by atoms with E-state index in [1.165, 1.54) is 0 Å². The van der Waals surface area contributed by atoms with E-state index in [1.54, 1.807) is 0 Å². The van der Waals surface area contributed by atoms with Crippen molar-refractivity contribution in [3.8, 4) is 0 Å². The summed E-state index contributed by atoms with van der Waals surface area (Å²) in [4.78, 5) is 0. The van der Waals surface area contributed by atoms with Gasteiger partial charge in [0.2, 0.25) is 0 Å². The Morgan fingerprint density at radius 2 is 1.29 bits per heavy atom. The van der Waals surface area contributed by atoms with Crippen LogP contribution >= 0.6 is 0 Å². The fourth-order valence-electron chi connectivity index (χ4n) is 0. The maximum Gasteiger partial charge on any atom is 1.00 e. The van der Waals surface area contributed by atoms with Crippen LogP contribution < -0.4 is 58.2 Å². The van der Waals surface area contributed by atoms with Crippen LogP contribution in [0.15, 0.2) is 0 Å². The Balaban J connectivity index is -0.0000000267. The molecule has 0 unspecified atom stereocenters. The molecule has 0 aliphatic carbocycles. The Bertz CT molecular complexity index is 99.2. The van der Waals surface area contributed by atoms with Gasteiger partial charge in [0.1, 0.15) is 0 Å². The van der Waals surface area contributed by atoms with E-state index in [0.717, 1.165) is 0 Å². The molecule has 0 amide bonds. The van der Waals surface area contributed by atoms with Crippen molar-refractivity contribution in [1.82, 2.24) is 0 Å². The first-order valence-corrected chi connectivity index (χ1v) is 2.10. The summed E-state index contributed by atoms with van der Waals surface area (Å²) in [6.07, 6.45) is 0. The van der Waals surface area contributed by atoms with E-state index >= 15 is 0 Å². The van der Waals surface area contributed by atoms with E-state index in [0.29, 0.717) is 0 Å². The Labute approximate surface area is 94.1 Å². The smallest absolute Gasteiger partial charge is 1.00 e. The minimum Gasteiger partial charge on any atom is -1.00 e.